The second-order valence-electron chi connectivity index (χ2n) is 8.16. The molecule has 1 aliphatic heterocycles. The minimum Gasteiger partial charge on any atom is -0.374 e. The van der Waals surface area contributed by atoms with Gasteiger partial charge in [-0.1, -0.05) is 60.1 Å². The molecule has 0 unspecified atom stereocenters. The number of nitrogens with zero attached hydrogens (tertiary/aromatic N) is 2. The fourth-order valence-corrected chi connectivity index (χ4v) is 5.23. The molecule has 3 aromatic rings. The molecule has 1 saturated heterocycles. The van der Waals surface area contributed by atoms with Gasteiger partial charge in [0.1, 0.15) is 0 Å². The summed E-state index contributed by atoms with van der Waals surface area (Å²) in [7, 11) is 0. The SMILES string of the molecule is C=C(c1c(Cl)cccc1Cl)N(/C=C(\C)N1CCCC1)c1ccc(-c2cccc(SC)c2)cc1. The van der Waals surface area contributed by atoms with Gasteiger partial charge in [-0.25, -0.2) is 0 Å². The van der Waals surface area contributed by atoms with E-state index in [9.17, 15) is 0 Å². The van der Waals surface area contributed by atoms with Crippen LogP contribution in [-0.2, 0) is 0 Å². The largest absolute Gasteiger partial charge is 0.374 e. The van der Waals surface area contributed by atoms with Crippen molar-refractivity contribution in [2.75, 3.05) is 24.2 Å². The van der Waals surface area contributed by atoms with Crippen LogP contribution in [0.3, 0.4) is 0 Å². The number of benzene rings is 3. The third-order valence-electron chi connectivity index (χ3n) is 6.01. The molecule has 2 nitrogen and oxygen atoms in total. The quantitative estimate of drug-likeness (QED) is 0.302. The highest BCUT2D eigenvalue weighted by Crippen LogP contribution is 2.36. The van der Waals surface area contributed by atoms with Crippen LogP contribution in [0.25, 0.3) is 16.8 Å². The lowest BCUT2D eigenvalue weighted by Gasteiger charge is -2.28. The van der Waals surface area contributed by atoms with Gasteiger partial charge in [0.25, 0.3) is 0 Å². The van der Waals surface area contributed by atoms with Gasteiger partial charge in [0.2, 0.25) is 0 Å². The first-order valence-electron chi connectivity index (χ1n) is 11.1. The van der Waals surface area contributed by atoms with Gasteiger partial charge in [0.05, 0.1) is 10.0 Å². The molecule has 5 heteroatoms. The molecule has 0 amide bonds. The molecule has 0 saturated carbocycles. The van der Waals surface area contributed by atoms with Crippen LogP contribution in [-0.4, -0.2) is 24.2 Å². The van der Waals surface area contributed by atoms with Crippen LogP contribution in [0.4, 0.5) is 5.69 Å². The molecule has 1 heterocycles. The summed E-state index contributed by atoms with van der Waals surface area (Å²) in [5.41, 5.74) is 6.10. The molecular weight excluding hydrogens is 467 g/mol. The second kappa shape index (κ2) is 10.7. The summed E-state index contributed by atoms with van der Waals surface area (Å²) in [5, 5.41) is 1.19. The van der Waals surface area contributed by atoms with E-state index >= 15 is 0 Å². The van der Waals surface area contributed by atoms with E-state index in [1.165, 1.54) is 34.6 Å². The maximum Gasteiger partial charge on any atom is 0.0514 e. The molecule has 3 aromatic carbocycles. The van der Waals surface area contributed by atoms with Crippen molar-refractivity contribution in [2.45, 2.75) is 24.7 Å². The Bertz CT molecular complexity index is 1140. The molecular formula is C28H28Cl2N2S. The van der Waals surface area contributed by atoms with Crippen LogP contribution in [0.2, 0.25) is 10.0 Å². The number of anilines is 1. The third-order valence-corrected chi connectivity index (χ3v) is 7.37. The molecule has 170 valence electrons. The van der Waals surface area contributed by atoms with Gasteiger partial charge in [-0.05, 0) is 73.5 Å². The highest BCUT2D eigenvalue weighted by molar-refractivity contribution is 7.98. The van der Waals surface area contributed by atoms with Crippen LogP contribution in [0, 0.1) is 0 Å². The zero-order valence-corrected chi connectivity index (χ0v) is 21.4. The van der Waals surface area contributed by atoms with Crippen LogP contribution < -0.4 is 4.90 Å². The number of halogens is 2. The van der Waals surface area contributed by atoms with Gasteiger partial charge in [0.15, 0.2) is 0 Å². The number of thioether (sulfide) groups is 1. The minimum absolute atomic E-state index is 0.593. The summed E-state index contributed by atoms with van der Waals surface area (Å²) in [6, 6.07) is 22.7. The van der Waals surface area contributed by atoms with Crippen molar-refractivity contribution in [2.24, 2.45) is 0 Å². The van der Waals surface area contributed by atoms with Crippen molar-refractivity contribution >= 4 is 46.3 Å². The maximum atomic E-state index is 6.55. The molecule has 0 N–H and O–H groups in total. The lowest BCUT2D eigenvalue weighted by molar-refractivity contribution is 0.426. The Kier molecular flexibility index (Phi) is 7.75. The van der Waals surface area contributed by atoms with Crippen molar-refractivity contribution in [1.29, 1.82) is 0 Å². The summed E-state index contributed by atoms with van der Waals surface area (Å²) < 4.78 is 0. The molecule has 4 rings (SSSR count). The zero-order chi connectivity index (χ0) is 23.4. The van der Waals surface area contributed by atoms with Crippen molar-refractivity contribution in [1.82, 2.24) is 4.90 Å². The Morgan fingerprint density at radius 2 is 1.58 bits per heavy atom. The molecule has 1 aliphatic rings. The molecule has 1 fully saturated rings. The van der Waals surface area contributed by atoms with E-state index in [0.29, 0.717) is 10.0 Å². The van der Waals surface area contributed by atoms with Crippen LogP contribution >= 0.6 is 35.0 Å². The standard InChI is InChI=1S/C28H28Cl2N2S/c1-20(31-16-4-5-17-31)19-32(21(2)28-26(29)10-7-11-27(28)30)24-14-12-22(13-15-24)23-8-6-9-25(18-23)33-3/h6-15,18-19H,2,4-5,16-17H2,1,3H3/b20-19+. The Morgan fingerprint density at radius 1 is 0.939 bits per heavy atom. The first-order chi connectivity index (χ1) is 16.0. The number of likely N-dealkylation sites (tertiary alicyclic amines) is 1. The van der Waals surface area contributed by atoms with E-state index < -0.39 is 0 Å². The summed E-state index contributed by atoms with van der Waals surface area (Å²) in [5.74, 6) is 0. The molecule has 33 heavy (non-hydrogen) atoms. The van der Waals surface area contributed by atoms with E-state index in [0.717, 1.165) is 30.0 Å². The molecule has 0 radical (unpaired) electrons. The normalized spacial score (nSPS) is 13.9. The number of hydrogen-bond acceptors (Lipinski definition) is 3. The predicted molar refractivity (Wildman–Crippen MR) is 146 cm³/mol. The zero-order valence-electron chi connectivity index (χ0n) is 19.0. The monoisotopic (exact) mass is 494 g/mol. The maximum absolute atomic E-state index is 6.55. The number of rotatable bonds is 7. The Hall–Kier alpha value is -2.33. The van der Waals surface area contributed by atoms with Crippen LogP contribution in [0.5, 0.6) is 0 Å². The lowest BCUT2D eigenvalue weighted by atomic mass is 10.0. The van der Waals surface area contributed by atoms with E-state index in [1.54, 1.807) is 11.8 Å². The first-order valence-corrected chi connectivity index (χ1v) is 13.1. The van der Waals surface area contributed by atoms with Crippen molar-refractivity contribution in [3.63, 3.8) is 0 Å². The van der Waals surface area contributed by atoms with Crippen LogP contribution in [0.1, 0.15) is 25.3 Å². The Morgan fingerprint density at radius 3 is 2.21 bits per heavy atom. The molecule has 0 aliphatic carbocycles. The van der Waals surface area contributed by atoms with E-state index in [4.69, 9.17) is 23.2 Å². The summed E-state index contributed by atoms with van der Waals surface area (Å²) in [4.78, 5) is 5.77. The van der Waals surface area contributed by atoms with Gasteiger partial charge in [-0.15, -0.1) is 11.8 Å². The Labute approximate surface area is 211 Å². The van der Waals surface area contributed by atoms with Gasteiger partial charge < -0.3 is 9.80 Å². The second-order valence-corrected chi connectivity index (χ2v) is 9.85. The van der Waals surface area contributed by atoms with Gasteiger partial charge in [-0.2, -0.15) is 0 Å². The first kappa shape index (κ1) is 23.8. The number of hydrogen-bond donors (Lipinski definition) is 0. The van der Waals surface area contributed by atoms with Gasteiger partial charge in [-0.3, -0.25) is 0 Å². The summed E-state index contributed by atoms with van der Waals surface area (Å²) in [6.07, 6.45) is 6.70. The highest BCUT2D eigenvalue weighted by atomic mass is 35.5. The fraction of sp³-hybridized carbons (Fsp3) is 0.214. The predicted octanol–water partition coefficient (Wildman–Crippen LogP) is 8.82. The van der Waals surface area contributed by atoms with E-state index in [-0.39, 0.29) is 0 Å². The van der Waals surface area contributed by atoms with Crippen molar-refractivity contribution < 1.29 is 0 Å². The third kappa shape index (κ3) is 5.43. The number of allylic oxidation sites excluding steroid dienone is 1. The average Bonchev–Trinajstić information content (AvgIpc) is 3.38. The van der Waals surface area contributed by atoms with Crippen molar-refractivity contribution in [3.05, 3.63) is 101 Å². The minimum atomic E-state index is 0.593. The van der Waals surface area contributed by atoms with E-state index in [1.807, 2.05) is 18.2 Å². The summed E-state index contributed by atoms with van der Waals surface area (Å²) >= 11 is 14.8. The van der Waals surface area contributed by atoms with Crippen LogP contribution in [0.15, 0.2) is 90.1 Å². The smallest absolute Gasteiger partial charge is 0.0514 e. The molecule has 0 bridgehead atoms. The highest BCUT2D eigenvalue weighted by Gasteiger charge is 2.19. The summed E-state index contributed by atoms with van der Waals surface area (Å²) in [6.45, 7) is 8.72. The molecule has 0 spiro atoms. The topological polar surface area (TPSA) is 6.48 Å². The molecule has 0 aromatic heterocycles. The Balaban J connectivity index is 1.72. The molecule has 0 atom stereocenters. The lowest BCUT2D eigenvalue weighted by Crippen LogP contribution is -2.22. The van der Waals surface area contributed by atoms with Crippen molar-refractivity contribution in [3.8, 4) is 11.1 Å². The fourth-order valence-electron chi connectivity index (χ4n) is 4.16. The van der Waals surface area contributed by atoms with Gasteiger partial charge >= 0.3 is 0 Å². The van der Waals surface area contributed by atoms with E-state index in [2.05, 4.69) is 84.3 Å². The average molecular weight is 496 g/mol. The van der Waals surface area contributed by atoms with Gasteiger partial charge in [0, 0.05) is 46.8 Å².